The summed E-state index contributed by atoms with van der Waals surface area (Å²) in [7, 11) is 0. The SMILES string of the molecule is CC(C)CC(=O)N1CC(F)(F)CC1COc1ccc(C(=O)O)cc1. The Labute approximate surface area is 139 Å². The second-order valence-electron chi connectivity index (χ2n) is 6.47. The monoisotopic (exact) mass is 341 g/mol. The molecule has 7 heteroatoms. The van der Waals surface area contributed by atoms with E-state index in [4.69, 9.17) is 9.84 Å². The van der Waals surface area contributed by atoms with E-state index in [1.54, 1.807) is 0 Å². The van der Waals surface area contributed by atoms with E-state index < -0.39 is 30.9 Å². The number of nitrogens with zero attached hydrogens (tertiary/aromatic N) is 1. The van der Waals surface area contributed by atoms with Gasteiger partial charge in [-0.1, -0.05) is 13.8 Å². The van der Waals surface area contributed by atoms with Crippen molar-refractivity contribution in [3.05, 3.63) is 29.8 Å². The van der Waals surface area contributed by atoms with E-state index in [1.807, 2.05) is 13.8 Å². The van der Waals surface area contributed by atoms with Crippen molar-refractivity contribution >= 4 is 11.9 Å². The number of rotatable bonds is 6. The van der Waals surface area contributed by atoms with Crippen LogP contribution in [0.25, 0.3) is 0 Å². The van der Waals surface area contributed by atoms with E-state index in [-0.39, 0.29) is 30.4 Å². The molecule has 1 aromatic rings. The number of hydrogen-bond acceptors (Lipinski definition) is 3. The summed E-state index contributed by atoms with van der Waals surface area (Å²) in [6, 6.07) is 5.00. The van der Waals surface area contributed by atoms with Gasteiger partial charge in [-0.05, 0) is 30.2 Å². The van der Waals surface area contributed by atoms with Gasteiger partial charge in [0, 0.05) is 12.8 Å². The number of amides is 1. The summed E-state index contributed by atoms with van der Waals surface area (Å²) in [5.74, 6) is -3.78. The van der Waals surface area contributed by atoms with E-state index >= 15 is 0 Å². The molecule has 0 aliphatic carbocycles. The Balaban J connectivity index is 2.00. The Morgan fingerprint density at radius 3 is 2.50 bits per heavy atom. The van der Waals surface area contributed by atoms with Crippen molar-refractivity contribution in [2.75, 3.05) is 13.2 Å². The van der Waals surface area contributed by atoms with Crippen molar-refractivity contribution in [3.8, 4) is 5.75 Å². The van der Waals surface area contributed by atoms with Gasteiger partial charge in [-0.15, -0.1) is 0 Å². The van der Waals surface area contributed by atoms with Crippen molar-refractivity contribution in [2.45, 2.75) is 38.7 Å². The first-order valence-electron chi connectivity index (χ1n) is 7.81. The van der Waals surface area contributed by atoms with Gasteiger partial charge < -0.3 is 14.7 Å². The summed E-state index contributed by atoms with van der Waals surface area (Å²) in [4.78, 5) is 24.1. The van der Waals surface area contributed by atoms with E-state index in [1.165, 1.54) is 29.2 Å². The molecule has 0 spiro atoms. The first-order chi connectivity index (χ1) is 11.2. The third-order valence-electron chi connectivity index (χ3n) is 3.82. The van der Waals surface area contributed by atoms with E-state index in [2.05, 4.69) is 0 Å². The maximum Gasteiger partial charge on any atom is 0.335 e. The number of hydrogen-bond donors (Lipinski definition) is 1. The van der Waals surface area contributed by atoms with Crippen molar-refractivity contribution < 1.29 is 28.2 Å². The maximum absolute atomic E-state index is 13.7. The molecule has 1 saturated heterocycles. The molecule has 1 atom stereocenters. The molecule has 1 aliphatic heterocycles. The summed E-state index contributed by atoms with van der Waals surface area (Å²) in [5.41, 5.74) is 0.114. The maximum atomic E-state index is 13.7. The normalized spacial score (nSPS) is 19.5. The molecule has 0 bridgehead atoms. The van der Waals surface area contributed by atoms with E-state index in [0.717, 1.165) is 0 Å². The third-order valence-corrected chi connectivity index (χ3v) is 3.82. The molecule has 0 saturated carbocycles. The molecular formula is C17H21F2NO4. The molecule has 1 fully saturated rings. The van der Waals surface area contributed by atoms with Gasteiger partial charge in [0.05, 0.1) is 18.2 Å². The minimum absolute atomic E-state index is 0.0498. The fourth-order valence-corrected chi connectivity index (χ4v) is 2.69. The first kappa shape index (κ1) is 18.2. The van der Waals surface area contributed by atoms with Crippen LogP contribution in [-0.2, 0) is 4.79 Å². The van der Waals surface area contributed by atoms with Crippen LogP contribution in [0.2, 0.25) is 0 Å². The van der Waals surface area contributed by atoms with Crippen LogP contribution in [0.15, 0.2) is 24.3 Å². The number of halogens is 2. The minimum atomic E-state index is -2.91. The Morgan fingerprint density at radius 1 is 1.33 bits per heavy atom. The minimum Gasteiger partial charge on any atom is -0.491 e. The number of alkyl halides is 2. The zero-order valence-electron chi connectivity index (χ0n) is 13.7. The van der Waals surface area contributed by atoms with Gasteiger partial charge in [0.1, 0.15) is 12.4 Å². The van der Waals surface area contributed by atoms with Crippen molar-refractivity contribution in [1.29, 1.82) is 0 Å². The summed E-state index contributed by atoms with van der Waals surface area (Å²) < 4.78 is 32.9. The van der Waals surface area contributed by atoms with Crippen LogP contribution in [0.4, 0.5) is 8.78 Å². The van der Waals surface area contributed by atoms with E-state index in [9.17, 15) is 18.4 Å². The van der Waals surface area contributed by atoms with Crippen molar-refractivity contribution in [1.82, 2.24) is 4.90 Å². The zero-order chi connectivity index (χ0) is 17.9. The average Bonchev–Trinajstić information content (AvgIpc) is 2.80. The van der Waals surface area contributed by atoms with E-state index in [0.29, 0.717) is 5.75 Å². The number of aromatic carboxylic acids is 1. The molecule has 1 amide bonds. The van der Waals surface area contributed by atoms with Gasteiger partial charge in [-0.3, -0.25) is 4.79 Å². The van der Waals surface area contributed by atoms with Crippen LogP contribution in [0.1, 0.15) is 37.0 Å². The first-order valence-corrected chi connectivity index (χ1v) is 7.81. The third kappa shape index (κ3) is 4.66. The zero-order valence-corrected chi connectivity index (χ0v) is 13.7. The molecular weight excluding hydrogens is 320 g/mol. The highest BCUT2D eigenvalue weighted by Crippen LogP contribution is 2.33. The van der Waals surface area contributed by atoms with Crippen LogP contribution < -0.4 is 4.74 Å². The standard InChI is InChI=1S/C17H21F2NO4/c1-11(2)7-15(21)20-10-17(18,19)8-13(20)9-24-14-5-3-12(4-6-14)16(22)23/h3-6,11,13H,7-10H2,1-2H3,(H,22,23). The summed E-state index contributed by atoms with van der Waals surface area (Å²) in [6.07, 6.45) is -0.204. The number of carbonyl (C=O) groups excluding carboxylic acids is 1. The van der Waals surface area contributed by atoms with Gasteiger partial charge in [0.2, 0.25) is 5.91 Å². The van der Waals surface area contributed by atoms with Gasteiger partial charge in [-0.25, -0.2) is 13.6 Å². The topological polar surface area (TPSA) is 66.8 Å². The Morgan fingerprint density at radius 2 is 1.96 bits per heavy atom. The largest absolute Gasteiger partial charge is 0.491 e. The molecule has 0 aromatic heterocycles. The predicted octanol–water partition coefficient (Wildman–Crippen LogP) is 3.05. The molecule has 1 aromatic carbocycles. The molecule has 5 nitrogen and oxygen atoms in total. The lowest BCUT2D eigenvalue weighted by molar-refractivity contribution is -0.134. The van der Waals surface area contributed by atoms with Gasteiger partial charge in [-0.2, -0.15) is 0 Å². The van der Waals surface area contributed by atoms with Crippen LogP contribution >= 0.6 is 0 Å². The summed E-state index contributed by atoms with van der Waals surface area (Å²) in [5, 5.41) is 8.84. The molecule has 0 radical (unpaired) electrons. The number of likely N-dealkylation sites (tertiary alicyclic amines) is 1. The second-order valence-corrected chi connectivity index (χ2v) is 6.47. The molecule has 1 N–H and O–H groups in total. The average molecular weight is 341 g/mol. The van der Waals surface area contributed by atoms with Crippen LogP contribution in [0.3, 0.4) is 0 Å². The lowest BCUT2D eigenvalue weighted by Crippen LogP contribution is -2.40. The fraction of sp³-hybridized carbons (Fsp3) is 0.529. The van der Waals surface area contributed by atoms with Crippen LogP contribution in [-0.4, -0.2) is 47.0 Å². The number of carboxylic acid groups (broad SMARTS) is 1. The summed E-state index contributed by atoms with van der Waals surface area (Å²) in [6.45, 7) is 3.10. The Hall–Kier alpha value is -2.18. The van der Waals surface area contributed by atoms with Crippen LogP contribution in [0.5, 0.6) is 5.75 Å². The van der Waals surface area contributed by atoms with Gasteiger partial charge in [0.25, 0.3) is 5.92 Å². The predicted molar refractivity (Wildman–Crippen MR) is 83.4 cm³/mol. The highest BCUT2D eigenvalue weighted by atomic mass is 19.3. The molecule has 1 unspecified atom stereocenters. The Bertz CT molecular complexity index is 601. The van der Waals surface area contributed by atoms with Crippen molar-refractivity contribution in [3.63, 3.8) is 0 Å². The fourth-order valence-electron chi connectivity index (χ4n) is 2.69. The lowest BCUT2D eigenvalue weighted by atomic mass is 10.1. The molecule has 24 heavy (non-hydrogen) atoms. The smallest absolute Gasteiger partial charge is 0.335 e. The number of ether oxygens (including phenoxy) is 1. The number of benzene rings is 1. The summed E-state index contributed by atoms with van der Waals surface area (Å²) >= 11 is 0. The highest BCUT2D eigenvalue weighted by molar-refractivity contribution is 5.87. The molecule has 132 valence electrons. The second kappa shape index (κ2) is 7.15. The quantitative estimate of drug-likeness (QED) is 0.864. The Kier molecular flexibility index (Phi) is 5.41. The highest BCUT2D eigenvalue weighted by Gasteiger charge is 2.47. The molecule has 1 heterocycles. The number of carboxylic acids is 1. The lowest BCUT2D eigenvalue weighted by Gasteiger charge is -2.24. The number of carbonyl (C=O) groups is 2. The molecule has 1 aliphatic rings. The molecule has 2 rings (SSSR count). The van der Waals surface area contributed by atoms with Gasteiger partial charge in [0.15, 0.2) is 0 Å². The van der Waals surface area contributed by atoms with Crippen molar-refractivity contribution in [2.24, 2.45) is 5.92 Å². The van der Waals surface area contributed by atoms with Crippen LogP contribution in [0, 0.1) is 5.92 Å². The van der Waals surface area contributed by atoms with Gasteiger partial charge >= 0.3 is 5.97 Å².